The predicted molar refractivity (Wildman–Crippen MR) is 67.2 cm³/mol. The number of hydrogen-bond donors (Lipinski definition) is 2. The van der Waals surface area contributed by atoms with Crippen molar-refractivity contribution in [2.75, 3.05) is 6.54 Å². The fourth-order valence-corrected chi connectivity index (χ4v) is 2.74. The molecule has 2 aliphatic carbocycles. The van der Waals surface area contributed by atoms with Gasteiger partial charge in [0.15, 0.2) is 0 Å². The van der Waals surface area contributed by atoms with Gasteiger partial charge in [0.2, 0.25) is 5.82 Å². The van der Waals surface area contributed by atoms with E-state index in [-0.39, 0.29) is 5.91 Å². The van der Waals surface area contributed by atoms with Crippen molar-refractivity contribution in [3.05, 3.63) is 11.6 Å². The van der Waals surface area contributed by atoms with Crippen LogP contribution < -0.4 is 5.32 Å². The highest BCUT2D eigenvalue weighted by molar-refractivity contribution is 5.90. The zero-order valence-corrected chi connectivity index (χ0v) is 10.8. The smallest absolute Gasteiger partial charge is 0.290 e. The van der Waals surface area contributed by atoms with Crippen molar-refractivity contribution in [1.29, 1.82) is 0 Å². The first-order valence-corrected chi connectivity index (χ1v) is 6.93. The molecular weight excluding hydrogens is 228 g/mol. The van der Waals surface area contributed by atoms with Crippen molar-refractivity contribution >= 4 is 5.91 Å². The number of H-pyrrole nitrogens is 1. The second-order valence-corrected chi connectivity index (χ2v) is 5.81. The van der Waals surface area contributed by atoms with E-state index in [4.69, 9.17) is 0 Å². The standard InChI is InChI=1S/C13H20N4O/c1-8-2-3-9(6-8)7-14-13(18)12-15-11(16-17-12)10-4-5-10/h8-10H,2-7H2,1H3,(H,14,18)(H,15,16,17). The first-order valence-electron chi connectivity index (χ1n) is 6.93. The van der Waals surface area contributed by atoms with Gasteiger partial charge in [-0.05, 0) is 37.5 Å². The molecule has 2 N–H and O–H groups in total. The van der Waals surface area contributed by atoms with Crippen molar-refractivity contribution in [3.63, 3.8) is 0 Å². The number of rotatable bonds is 4. The molecule has 98 valence electrons. The summed E-state index contributed by atoms with van der Waals surface area (Å²) in [4.78, 5) is 16.1. The van der Waals surface area contributed by atoms with Crippen LogP contribution in [0.3, 0.4) is 0 Å². The molecule has 2 fully saturated rings. The molecule has 0 spiro atoms. The van der Waals surface area contributed by atoms with Crippen LogP contribution in [-0.2, 0) is 0 Å². The molecule has 2 atom stereocenters. The third-order valence-electron chi connectivity index (χ3n) is 4.02. The van der Waals surface area contributed by atoms with Gasteiger partial charge in [0, 0.05) is 12.5 Å². The topological polar surface area (TPSA) is 70.7 Å². The number of carbonyl (C=O) groups excluding carboxylic acids is 1. The van der Waals surface area contributed by atoms with Crippen LogP contribution in [0.25, 0.3) is 0 Å². The SMILES string of the molecule is CC1CCC(CNC(=O)c2n[nH]c(C3CC3)n2)C1. The molecule has 5 nitrogen and oxygen atoms in total. The molecule has 0 aliphatic heterocycles. The van der Waals surface area contributed by atoms with Crippen LogP contribution in [0.15, 0.2) is 0 Å². The number of carbonyl (C=O) groups is 1. The van der Waals surface area contributed by atoms with Crippen LogP contribution in [0.1, 0.15) is 61.4 Å². The van der Waals surface area contributed by atoms with E-state index in [1.54, 1.807) is 0 Å². The minimum absolute atomic E-state index is 0.141. The summed E-state index contributed by atoms with van der Waals surface area (Å²) >= 11 is 0. The van der Waals surface area contributed by atoms with Crippen molar-refractivity contribution in [3.8, 4) is 0 Å². The van der Waals surface area contributed by atoms with E-state index in [0.29, 0.717) is 17.7 Å². The summed E-state index contributed by atoms with van der Waals surface area (Å²) in [6.45, 7) is 3.04. The molecule has 0 saturated heterocycles. The highest BCUT2D eigenvalue weighted by Gasteiger charge is 2.28. The van der Waals surface area contributed by atoms with Gasteiger partial charge in [0.1, 0.15) is 5.82 Å². The van der Waals surface area contributed by atoms with E-state index in [9.17, 15) is 4.79 Å². The Hall–Kier alpha value is -1.39. The molecule has 2 saturated carbocycles. The molecule has 5 heteroatoms. The van der Waals surface area contributed by atoms with E-state index in [1.807, 2.05) is 0 Å². The van der Waals surface area contributed by atoms with Gasteiger partial charge in [-0.1, -0.05) is 13.3 Å². The van der Waals surface area contributed by atoms with Gasteiger partial charge in [0.25, 0.3) is 5.91 Å². The first-order chi connectivity index (χ1) is 8.72. The van der Waals surface area contributed by atoms with Crippen molar-refractivity contribution in [2.45, 2.75) is 44.9 Å². The summed E-state index contributed by atoms with van der Waals surface area (Å²) < 4.78 is 0. The Morgan fingerprint density at radius 2 is 2.22 bits per heavy atom. The highest BCUT2D eigenvalue weighted by Crippen LogP contribution is 2.37. The van der Waals surface area contributed by atoms with Crippen LogP contribution in [0.2, 0.25) is 0 Å². The van der Waals surface area contributed by atoms with Gasteiger partial charge < -0.3 is 5.32 Å². The minimum Gasteiger partial charge on any atom is -0.349 e. The Labute approximate surface area is 107 Å². The van der Waals surface area contributed by atoms with E-state index in [2.05, 4.69) is 27.4 Å². The molecule has 2 unspecified atom stereocenters. The molecule has 0 radical (unpaired) electrons. The maximum atomic E-state index is 11.9. The van der Waals surface area contributed by atoms with E-state index >= 15 is 0 Å². The minimum atomic E-state index is -0.141. The molecule has 1 heterocycles. The zero-order chi connectivity index (χ0) is 12.5. The molecule has 1 amide bonds. The molecule has 0 aromatic carbocycles. The van der Waals surface area contributed by atoms with Gasteiger partial charge >= 0.3 is 0 Å². The summed E-state index contributed by atoms with van der Waals surface area (Å²) in [5, 5.41) is 9.80. The Kier molecular flexibility index (Phi) is 3.06. The third kappa shape index (κ3) is 2.54. The molecule has 2 aliphatic rings. The lowest BCUT2D eigenvalue weighted by Gasteiger charge is -2.09. The van der Waals surface area contributed by atoms with Crippen LogP contribution >= 0.6 is 0 Å². The maximum Gasteiger partial charge on any atom is 0.290 e. The van der Waals surface area contributed by atoms with Gasteiger partial charge in [-0.3, -0.25) is 9.89 Å². The van der Waals surface area contributed by atoms with Crippen molar-refractivity contribution < 1.29 is 4.79 Å². The zero-order valence-electron chi connectivity index (χ0n) is 10.8. The van der Waals surface area contributed by atoms with Gasteiger partial charge in [-0.25, -0.2) is 4.98 Å². The average Bonchev–Trinajstić information content (AvgIpc) is 2.94. The third-order valence-corrected chi connectivity index (χ3v) is 4.02. The van der Waals surface area contributed by atoms with Gasteiger partial charge in [0.05, 0.1) is 0 Å². The van der Waals surface area contributed by atoms with Crippen molar-refractivity contribution in [1.82, 2.24) is 20.5 Å². The van der Waals surface area contributed by atoms with Crippen LogP contribution in [0.4, 0.5) is 0 Å². The monoisotopic (exact) mass is 248 g/mol. The van der Waals surface area contributed by atoms with Crippen molar-refractivity contribution in [2.24, 2.45) is 11.8 Å². The normalized spacial score (nSPS) is 27.4. The lowest BCUT2D eigenvalue weighted by molar-refractivity contribution is 0.0937. The second-order valence-electron chi connectivity index (χ2n) is 5.81. The second kappa shape index (κ2) is 4.71. The Balaban J connectivity index is 1.50. The lowest BCUT2D eigenvalue weighted by Crippen LogP contribution is -2.29. The Bertz CT molecular complexity index is 438. The van der Waals surface area contributed by atoms with E-state index in [1.165, 1.54) is 19.3 Å². The van der Waals surface area contributed by atoms with E-state index < -0.39 is 0 Å². The fourth-order valence-electron chi connectivity index (χ4n) is 2.74. The molecular formula is C13H20N4O. The van der Waals surface area contributed by atoms with Crippen LogP contribution in [-0.4, -0.2) is 27.6 Å². The van der Waals surface area contributed by atoms with E-state index in [0.717, 1.165) is 31.1 Å². The molecule has 0 bridgehead atoms. The average molecular weight is 248 g/mol. The molecule has 1 aromatic heterocycles. The fraction of sp³-hybridized carbons (Fsp3) is 0.769. The molecule has 3 rings (SSSR count). The number of aromatic nitrogens is 3. The van der Waals surface area contributed by atoms with Crippen LogP contribution in [0, 0.1) is 11.8 Å². The number of nitrogens with zero attached hydrogens (tertiary/aromatic N) is 2. The summed E-state index contributed by atoms with van der Waals surface area (Å²) in [5.41, 5.74) is 0. The Morgan fingerprint density at radius 1 is 1.39 bits per heavy atom. The summed E-state index contributed by atoms with van der Waals surface area (Å²) in [5.74, 6) is 2.97. The predicted octanol–water partition coefficient (Wildman–Crippen LogP) is 1.85. The van der Waals surface area contributed by atoms with Gasteiger partial charge in [-0.15, -0.1) is 5.10 Å². The number of amides is 1. The maximum absolute atomic E-state index is 11.9. The number of aromatic amines is 1. The Morgan fingerprint density at radius 3 is 2.89 bits per heavy atom. The quantitative estimate of drug-likeness (QED) is 0.854. The molecule has 18 heavy (non-hydrogen) atoms. The lowest BCUT2D eigenvalue weighted by atomic mass is 10.1. The summed E-state index contributed by atoms with van der Waals surface area (Å²) in [6, 6.07) is 0. The van der Waals surface area contributed by atoms with Crippen LogP contribution in [0.5, 0.6) is 0 Å². The first kappa shape index (κ1) is 11.7. The number of nitrogens with one attached hydrogen (secondary N) is 2. The highest BCUT2D eigenvalue weighted by atomic mass is 16.2. The van der Waals surface area contributed by atoms with Gasteiger partial charge in [-0.2, -0.15) is 0 Å². The molecule has 1 aromatic rings. The summed E-state index contributed by atoms with van der Waals surface area (Å²) in [7, 11) is 0. The summed E-state index contributed by atoms with van der Waals surface area (Å²) in [6.07, 6.45) is 6.06. The largest absolute Gasteiger partial charge is 0.349 e. The number of hydrogen-bond acceptors (Lipinski definition) is 3.